The van der Waals surface area contributed by atoms with Crippen LogP contribution in [0.5, 0.6) is 0 Å². The largest absolute Gasteiger partial charge is 0.399 e. The van der Waals surface area contributed by atoms with E-state index >= 15 is 0 Å². The van der Waals surface area contributed by atoms with E-state index in [0.29, 0.717) is 23.6 Å². The van der Waals surface area contributed by atoms with Crippen LogP contribution in [0.15, 0.2) is 42.6 Å². The molecule has 4 fully saturated rings. The lowest BCUT2D eigenvalue weighted by Crippen LogP contribution is -2.52. The van der Waals surface area contributed by atoms with Crippen molar-refractivity contribution in [2.75, 3.05) is 54.8 Å². The van der Waals surface area contributed by atoms with Gasteiger partial charge in [0.25, 0.3) is 5.91 Å². The summed E-state index contributed by atoms with van der Waals surface area (Å²) in [6.07, 6.45) is 8.36. The lowest BCUT2D eigenvalue weighted by Gasteiger charge is -2.42. The average Bonchev–Trinajstić information content (AvgIpc) is 3.39. The summed E-state index contributed by atoms with van der Waals surface area (Å²) in [4.78, 5) is 48.0. The summed E-state index contributed by atoms with van der Waals surface area (Å²) in [6.45, 7) is 6.27. The van der Waals surface area contributed by atoms with Gasteiger partial charge in [-0.05, 0) is 80.3 Å². The van der Waals surface area contributed by atoms with Crippen LogP contribution >= 0.6 is 0 Å². The summed E-state index contributed by atoms with van der Waals surface area (Å²) in [5, 5.41) is 5.01. The molecule has 1 aromatic carbocycles. The Morgan fingerprint density at radius 3 is 2.38 bits per heavy atom. The molecule has 10 nitrogen and oxygen atoms in total. The molecule has 2 unspecified atom stereocenters. The number of pyridine rings is 1. The minimum atomic E-state index is -0.707. The Hall–Kier alpha value is -3.66. The molecule has 0 bridgehead atoms. The quantitative estimate of drug-likeness (QED) is 0.386. The number of anilines is 3. The molecule has 4 N–H and O–H groups in total. The van der Waals surface area contributed by atoms with Crippen LogP contribution in [0.1, 0.15) is 55.4 Å². The van der Waals surface area contributed by atoms with Crippen LogP contribution in [-0.4, -0.2) is 79.0 Å². The molecule has 40 heavy (non-hydrogen) atoms. The van der Waals surface area contributed by atoms with Gasteiger partial charge in [0.2, 0.25) is 11.8 Å². The molecule has 10 heteroatoms. The molecular weight excluding hydrogens is 506 g/mol. The van der Waals surface area contributed by atoms with Crippen LogP contribution in [0.3, 0.4) is 0 Å². The highest BCUT2D eigenvalue weighted by atomic mass is 16.2. The van der Waals surface area contributed by atoms with Crippen molar-refractivity contribution in [2.45, 2.75) is 57.0 Å². The maximum Gasteiger partial charge on any atom is 0.270 e. The zero-order valence-corrected chi connectivity index (χ0v) is 23.0. The van der Waals surface area contributed by atoms with E-state index in [1.807, 2.05) is 24.3 Å². The number of aromatic nitrogens is 1. The number of benzene rings is 1. The number of nitrogen functional groups attached to an aromatic ring is 1. The SMILES string of the molecule is Nc1ccc(N2CCN(C3CCC4(CCN(c5ccnc(C(=O)NC6CCC(=O)NC6=O)c5)CC4)C3)CC2)cc1. The molecule has 2 aromatic rings. The molecule has 3 amide bonds. The van der Waals surface area contributed by atoms with Gasteiger partial charge in [0.05, 0.1) is 0 Å². The van der Waals surface area contributed by atoms with Gasteiger partial charge in [-0.15, -0.1) is 0 Å². The van der Waals surface area contributed by atoms with Crippen molar-refractivity contribution in [3.05, 3.63) is 48.3 Å². The summed E-state index contributed by atoms with van der Waals surface area (Å²) >= 11 is 0. The van der Waals surface area contributed by atoms with Gasteiger partial charge in [-0.2, -0.15) is 0 Å². The smallest absolute Gasteiger partial charge is 0.270 e. The van der Waals surface area contributed by atoms with Gasteiger partial charge in [-0.25, -0.2) is 0 Å². The van der Waals surface area contributed by atoms with Gasteiger partial charge in [-0.1, -0.05) is 0 Å². The van der Waals surface area contributed by atoms with Gasteiger partial charge in [-0.3, -0.25) is 29.6 Å². The van der Waals surface area contributed by atoms with Crippen LogP contribution in [0, 0.1) is 5.41 Å². The van der Waals surface area contributed by atoms with Gasteiger partial charge in [0, 0.05) is 75.0 Å². The fraction of sp³-hybridized carbons (Fsp3) is 0.533. The molecule has 3 saturated heterocycles. The highest BCUT2D eigenvalue weighted by molar-refractivity contribution is 6.03. The second-order valence-electron chi connectivity index (χ2n) is 11.9. The van der Waals surface area contributed by atoms with E-state index in [1.54, 1.807) is 6.20 Å². The highest BCUT2D eigenvalue weighted by Crippen LogP contribution is 2.48. The number of piperidine rings is 2. The van der Waals surface area contributed by atoms with Crippen molar-refractivity contribution in [3.63, 3.8) is 0 Å². The monoisotopic (exact) mass is 545 g/mol. The number of imide groups is 1. The third kappa shape index (κ3) is 5.63. The molecular formula is C30H39N7O3. The van der Waals surface area contributed by atoms with Crippen molar-refractivity contribution in [3.8, 4) is 0 Å². The number of hydrogen-bond acceptors (Lipinski definition) is 8. The predicted octanol–water partition coefficient (Wildman–Crippen LogP) is 2.16. The number of nitrogens with two attached hydrogens (primary N) is 1. The number of rotatable bonds is 5. The number of carbonyl (C=O) groups excluding carboxylic acids is 3. The van der Waals surface area contributed by atoms with Crippen LogP contribution in [0.4, 0.5) is 17.1 Å². The fourth-order valence-electron chi connectivity index (χ4n) is 7.02. The first kappa shape index (κ1) is 26.6. The van der Waals surface area contributed by atoms with Gasteiger partial charge >= 0.3 is 0 Å². The topological polar surface area (TPSA) is 124 Å². The average molecular weight is 546 g/mol. The highest BCUT2D eigenvalue weighted by Gasteiger charge is 2.43. The Kier molecular flexibility index (Phi) is 7.35. The number of carbonyl (C=O) groups is 3. The normalized spacial score (nSPS) is 25.2. The van der Waals surface area contributed by atoms with Gasteiger partial charge in [0.15, 0.2) is 0 Å². The Morgan fingerprint density at radius 1 is 0.925 bits per heavy atom. The number of nitrogens with zero attached hydrogens (tertiary/aromatic N) is 4. The molecule has 1 aromatic heterocycles. The zero-order chi connectivity index (χ0) is 27.7. The minimum Gasteiger partial charge on any atom is -0.399 e. The van der Waals surface area contributed by atoms with Crippen molar-refractivity contribution >= 4 is 34.8 Å². The fourth-order valence-corrected chi connectivity index (χ4v) is 7.02. The number of amides is 3. The van der Waals surface area contributed by atoms with E-state index in [1.165, 1.54) is 24.9 Å². The van der Waals surface area contributed by atoms with Crippen LogP contribution < -0.4 is 26.2 Å². The van der Waals surface area contributed by atoms with Crippen molar-refractivity contribution in [2.24, 2.45) is 5.41 Å². The summed E-state index contributed by atoms with van der Waals surface area (Å²) < 4.78 is 0. The Morgan fingerprint density at radius 2 is 1.65 bits per heavy atom. The second-order valence-corrected chi connectivity index (χ2v) is 11.9. The first-order valence-corrected chi connectivity index (χ1v) is 14.6. The van der Waals surface area contributed by atoms with Crippen molar-refractivity contribution < 1.29 is 14.4 Å². The standard InChI is InChI=1S/C30H39N7O3/c31-21-1-3-22(4-2-21)36-15-17-37(18-16-36)24-7-9-30(20-24)10-13-35(14-11-30)23-8-12-32-26(19-23)29(40)33-25-5-6-27(38)34-28(25)39/h1-4,8,12,19,24-25H,5-7,9-11,13-18,20,31H2,(H,33,40)(H,34,38,39). The zero-order valence-electron chi connectivity index (χ0n) is 23.0. The molecule has 4 aliphatic rings. The Labute approximate surface area is 235 Å². The van der Waals surface area contributed by atoms with Gasteiger partial charge in [0.1, 0.15) is 11.7 Å². The Balaban J connectivity index is 0.999. The lowest BCUT2D eigenvalue weighted by atomic mass is 9.76. The van der Waals surface area contributed by atoms with E-state index in [-0.39, 0.29) is 18.2 Å². The molecule has 3 aliphatic heterocycles. The maximum absolute atomic E-state index is 12.8. The van der Waals surface area contributed by atoms with E-state index in [0.717, 1.165) is 63.5 Å². The molecule has 4 heterocycles. The maximum atomic E-state index is 12.8. The summed E-state index contributed by atoms with van der Waals surface area (Å²) in [5.41, 5.74) is 9.63. The van der Waals surface area contributed by atoms with Gasteiger partial charge < -0.3 is 20.9 Å². The molecule has 0 radical (unpaired) electrons. The molecule has 212 valence electrons. The summed E-state index contributed by atoms with van der Waals surface area (Å²) in [6, 6.07) is 12.0. The number of hydrogen-bond donors (Lipinski definition) is 3. The Bertz CT molecular complexity index is 1250. The third-order valence-corrected chi connectivity index (χ3v) is 9.48. The first-order valence-electron chi connectivity index (χ1n) is 14.6. The van der Waals surface area contributed by atoms with E-state index in [4.69, 9.17) is 5.73 Å². The second kappa shape index (κ2) is 11.1. The van der Waals surface area contributed by atoms with Crippen molar-refractivity contribution in [1.82, 2.24) is 20.5 Å². The molecule has 6 rings (SSSR count). The molecule has 1 spiro atoms. The van der Waals surface area contributed by atoms with E-state index in [2.05, 4.69) is 42.5 Å². The third-order valence-electron chi connectivity index (χ3n) is 9.48. The van der Waals surface area contributed by atoms with Crippen LogP contribution in [0.25, 0.3) is 0 Å². The summed E-state index contributed by atoms with van der Waals surface area (Å²) in [7, 11) is 0. The number of piperazine rings is 1. The van der Waals surface area contributed by atoms with E-state index < -0.39 is 11.9 Å². The lowest BCUT2D eigenvalue weighted by molar-refractivity contribution is -0.134. The van der Waals surface area contributed by atoms with Crippen molar-refractivity contribution in [1.29, 1.82) is 0 Å². The predicted molar refractivity (Wildman–Crippen MR) is 154 cm³/mol. The molecule has 1 saturated carbocycles. The first-order chi connectivity index (χ1) is 19.4. The molecule has 2 atom stereocenters. The van der Waals surface area contributed by atoms with Crippen LogP contribution in [0.2, 0.25) is 0 Å². The molecule has 1 aliphatic carbocycles. The number of nitrogens with one attached hydrogen (secondary N) is 2. The van der Waals surface area contributed by atoms with E-state index in [9.17, 15) is 14.4 Å². The minimum absolute atomic E-state index is 0.223. The van der Waals surface area contributed by atoms with Crippen LogP contribution in [-0.2, 0) is 9.59 Å². The summed E-state index contributed by atoms with van der Waals surface area (Å²) in [5.74, 6) is -1.15.